The summed E-state index contributed by atoms with van der Waals surface area (Å²) in [6.45, 7) is 2.46. The molecule has 4 N–H and O–H groups in total. The third-order valence-electron chi connectivity index (χ3n) is 8.82. The van der Waals surface area contributed by atoms with E-state index in [-0.39, 0.29) is 19.4 Å². The van der Waals surface area contributed by atoms with Gasteiger partial charge in [-0.3, -0.25) is 18.6 Å². The number of ether oxygens (including phenoxy) is 3. The number of phosphoric acid groups is 1. The highest BCUT2D eigenvalue weighted by Crippen LogP contribution is 2.44. The first-order valence-corrected chi connectivity index (χ1v) is 21.0. The molecule has 0 bridgehead atoms. The summed E-state index contributed by atoms with van der Waals surface area (Å²) < 4.78 is 37.6. The Balaban J connectivity index is 2.47. The van der Waals surface area contributed by atoms with Gasteiger partial charge in [0.1, 0.15) is 12.7 Å². The van der Waals surface area contributed by atoms with E-state index >= 15 is 0 Å². The minimum absolute atomic E-state index is 0.129. The van der Waals surface area contributed by atoms with Crippen LogP contribution in [0.3, 0.4) is 0 Å². The fourth-order valence-electron chi connectivity index (χ4n) is 5.69. The first-order chi connectivity index (χ1) is 24.5. The summed E-state index contributed by atoms with van der Waals surface area (Å²) in [7, 11) is -4.86. The lowest BCUT2D eigenvalue weighted by atomic mass is 10.1. The molecule has 0 aromatic rings. The Labute approximate surface area is 305 Å². The number of hydrogen-bond acceptors (Lipinski definition) is 12. The number of esters is 3. The van der Waals surface area contributed by atoms with Gasteiger partial charge in [0, 0.05) is 12.8 Å². The van der Waals surface area contributed by atoms with E-state index in [0.717, 1.165) is 38.5 Å². The molecule has 0 spiro atoms. The SMILES string of the molecule is CCCCCCCCCCCCCC(=O)OCC(COP(=O)(O)OC[C@H](O)[C@H]1OC(=O)C(O)=C1O)OC(=O)CCCCCCCCCCCCC. The van der Waals surface area contributed by atoms with E-state index in [2.05, 4.69) is 18.6 Å². The van der Waals surface area contributed by atoms with Crippen molar-refractivity contribution in [3.8, 4) is 0 Å². The summed E-state index contributed by atoms with van der Waals surface area (Å²) in [5.41, 5.74) is 0. The number of carbonyl (C=O) groups excluding carboxylic acids is 3. The molecule has 0 aromatic carbocycles. The summed E-state index contributed by atoms with van der Waals surface area (Å²) in [6.07, 6.45) is 20.5. The van der Waals surface area contributed by atoms with E-state index in [9.17, 15) is 39.2 Å². The molecule has 4 atom stereocenters. The fraction of sp³-hybridized carbons (Fsp3) is 0.865. The Bertz CT molecular complexity index is 1030. The lowest BCUT2D eigenvalue weighted by Crippen LogP contribution is -2.33. The number of unbranched alkanes of at least 4 members (excludes halogenated alkanes) is 20. The molecule has 0 saturated carbocycles. The maximum Gasteiger partial charge on any atom is 0.472 e. The molecular weight excluding hydrogens is 683 g/mol. The van der Waals surface area contributed by atoms with Gasteiger partial charge in [-0.2, -0.15) is 0 Å². The smallest absolute Gasteiger partial charge is 0.472 e. The van der Waals surface area contributed by atoms with E-state index < -0.39 is 68.8 Å². The first kappa shape index (κ1) is 46.8. The van der Waals surface area contributed by atoms with Crippen LogP contribution in [0.2, 0.25) is 0 Å². The lowest BCUT2D eigenvalue weighted by Gasteiger charge is -2.21. The summed E-state index contributed by atoms with van der Waals surface area (Å²) in [4.78, 5) is 46.5. The van der Waals surface area contributed by atoms with Crippen molar-refractivity contribution in [2.45, 2.75) is 186 Å². The molecule has 0 aliphatic carbocycles. The Morgan fingerprint density at radius 2 is 1.08 bits per heavy atom. The van der Waals surface area contributed by atoms with Gasteiger partial charge in [0.15, 0.2) is 18.0 Å². The minimum Gasteiger partial charge on any atom is -0.505 e. The van der Waals surface area contributed by atoms with Crippen LogP contribution in [-0.4, -0.2) is 76.3 Å². The molecule has 0 aromatic heterocycles. The van der Waals surface area contributed by atoms with E-state index in [1.54, 1.807) is 0 Å². The van der Waals surface area contributed by atoms with E-state index in [0.29, 0.717) is 12.8 Å². The first-order valence-electron chi connectivity index (χ1n) is 19.5. The number of cyclic esters (lactones) is 1. The molecule has 51 heavy (non-hydrogen) atoms. The number of rotatable bonds is 34. The molecule has 0 saturated heterocycles. The average molecular weight is 751 g/mol. The molecule has 1 heterocycles. The van der Waals surface area contributed by atoms with Crippen LogP contribution in [0.1, 0.15) is 168 Å². The third kappa shape index (κ3) is 23.9. The summed E-state index contributed by atoms with van der Waals surface area (Å²) in [5, 5.41) is 29.2. The number of aliphatic hydroxyl groups excluding tert-OH is 3. The number of aliphatic hydroxyl groups is 3. The minimum atomic E-state index is -4.86. The molecule has 1 aliphatic rings. The van der Waals surface area contributed by atoms with Crippen LogP contribution in [0.4, 0.5) is 0 Å². The number of carbonyl (C=O) groups is 3. The van der Waals surface area contributed by atoms with Gasteiger partial charge in [-0.05, 0) is 12.8 Å². The second kappa shape index (κ2) is 29.3. The van der Waals surface area contributed by atoms with E-state index in [4.69, 9.17) is 18.5 Å². The lowest BCUT2D eigenvalue weighted by molar-refractivity contribution is -0.161. The highest BCUT2D eigenvalue weighted by Gasteiger charge is 2.40. The molecule has 298 valence electrons. The van der Waals surface area contributed by atoms with Crippen LogP contribution < -0.4 is 0 Å². The Morgan fingerprint density at radius 1 is 0.667 bits per heavy atom. The van der Waals surface area contributed by atoms with Gasteiger partial charge in [0.2, 0.25) is 5.76 Å². The molecular formula is C37H67O13P. The summed E-state index contributed by atoms with van der Waals surface area (Å²) >= 11 is 0. The average Bonchev–Trinajstić information content (AvgIpc) is 3.36. The molecule has 2 unspecified atom stereocenters. The van der Waals surface area contributed by atoms with Crippen molar-refractivity contribution in [3.05, 3.63) is 11.5 Å². The van der Waals surface area contributed by atoms with Crippen LogP contribution in [0.5, 0.6) is 0 Å². The van der Waals surface area contributed by atoms with Gasteiger partial charge in [-0.15, -0.1) is 0 Å². The van der Waals surface area contributed by atoms with Gasteiger partial charge in [0.05, 0.1) is 13.2 Å². The van der Waals surface area contributed by atoms with Crippen LogP contribution in [0, 0.1) is 0 Å². The molecule has 0 fully saturated rings. The highest BCUT2D eigenvalue weighted by atomic mass is 31.2. The van der Waals surface area contributed by atoms with Crippen molar-refractivity contribution in [2.24, 2.45) is 0 Å². The van der Waals surface area contributed by atoms with Crippen molar-refractivity contribution in [1.29, 1.82) is 0 Å². The Kier molecular flexibility index (Phi) is 26.9. The van der Waals surface area contributed by atoms with Crippen molar-refractivity contribution >= 4 is 25.7 Å². The standard InChI is InChI=1S/C37H67O13P/c1-3-5-7-9-11-13-15-17-19-21-23-25-32(39)46-27-30(49-33(40)26-24-22-20-18-16-14-12-10-8-6-4-2)28-47-51(44,45)48-29-31(38)36-34(41)35(42)37(43)50-36/h30-31,36,38,41-42H,3-29H2,1-2H3,(H,44,45)/t30?,31-,36+/m0/s1. The maximum atomic E-state index is 12.6. The fourth-order valence-corrected chi connectivity index (χ4v) is 6.46. The predicted octanol–water partition coefficient (Wildman–Crippen LogP) is 8.59. The zero-order valence-corrected chi connectivity index (χ0v) is 32.1. The molecule has 0 amide bonds. The Morgan fingerprint density at radius 3 is 1.51 bits per heavy atom. The predicted molar refractivity (Wildman–Crippen MR) is 193 cm³/mol. The van der Waals surface area contributed by atoms with Gasteiger partial charge in [0.25, 0.3) is 0 Å². The quantitative estimate of drug-likeness (QED) is 0.0211. The van der Waals surface area contributed by atoms with Crippen molar-refractivity contribution < 1.29 is 62.4 Å². The second-order valence-electron chi connectivity index (χ2n) is 13.6. The molecule has 1 rings (SSSR count). The zero-order valence-electron chi connectivity index (χ0n) is 31.2. The second-order valence-corrected chi connectivity index (χ2v) is 15.0. The normalized spacial score (nSPS) is 16.9. The van der Waals surface area contributed by atoms with Crippen LogP contribution >= 0.6 is 7.82 Å². The topological polar surface area (TPSA) is 195 Å². The number of phosphoric ester groups is 1. The molecule has 1 aliphatic heterocycles. The van der Waals surface area contributed by atoms with Gasteiger partial charge < -0.3 is 34.4 Å². The van der Waals surface area contributed by atoms with E-state index in [1.165, 1.54) is 89.9 Å². The molecule has 14 heteroatoms. The van der Waals surface area contributed by atoms with Gasteiger partial charge in [-0.25, -0.2) is 9.36 Å². The van der Waals surface area contributed by atoms with Crippen LogP contribution in [-0.2, 0) is 42.2 Å². The van der Waals surface area contributed by atoms with Crippen molar-refractivity contribution in [2.75, 3.05) is 19.8 Å². The van der Waals surface area contributed by atoms with Gasteiger partial charge >= 0.3 is 25.7 Å². The highest BCUT2D eigenvalue weighted by molar-refractivity contribution is 7.47. The Hall–Kier alpha value is -2.18. The maximum absolute atomic E-state index is 12.6. The molecule has 0 radical (unpaired) electrons. The largest absolute Gasteiger partial charge is 0.505 e. The van der Waals surface area contributed by atoms with Crippen LogP contribution in [0.15, 0.2) is 11.5 Å². The summed E-state index contributed by atoms with van der Waals surface area (Å²) in [5.74, 6) is -4.33. The monoisotopic (exact) mass is 750 g/mol. The number of hydrogen-bond donors (Lipinski definition) is 4. The van der Waals surface area contributed by atoms with E-state index in [1.807, 2.05) is 0 Å². The zero-order chi connectivity index (χ0) is 37.7. The van der Waals surface area contributed by atoms with Crippen LogP contribution in [0.25, 0.3) is 0 Å². The van der Waals surface area contributed by atoms with Crippen molar-refractivity contribution in [3.63, 3.8) is 0 Å². The van der Waals surface area contributed by atoms with Crippen molar-refractivity contribution in [1.82, 2.24) is 0 Å². The van der Waals surface area contributed by atoms with Gasteiger partial charge in [-0.1, -0.05) is 142 Å². The molecule has 13 nitrogen and oxygen atoms in total. The summed E-state index contributed by atoms with van der Waals surface area (Å²) in [6, 6.07) is 0. The third-order valence-corrected chi connectivity index (χ3v) is 9.77.